The van der Waals surface area contributed by atoms with Gasteiger partial charge in [0.05, 0.1) is 0 Å². The summed E-state index contributed by atoms with van der Waals surface area (Å²) in [6, 6.07) is 22.0. The number of benzene rings is 2. The zero-order valence-corrected chi connectivity index (χ0v) is 17.5. The minimum atomic E-state index is 0. The van der Waals surface area contributed by atoms with Gasteiger partial charge in [-0.3, -0.25) is 4.90 Å². The van der Waals surface area contributed by atoms with E-state index in [1.54, 1.807) is 0 Å². The maximum absolute atomic E-state index is 10.2. The summed E-state index contributed by atoms with van der Waals surface area (Å²) in [7, 11) is 0. The Morgan fingerprint density at radius 2 is 1.93 bits per heavy atom. The fourth-order valence-corrected chi connectivity index (χ4v) is 5.91. The predicted octanol–water partition coefficient (Wildman–Crippen LogP) is 5.42. The van der Waals surface area contributed by atoms with Crippen molar-refractivity contribution in [1.82, 2.24) is 4.90 Å². The molecule has 1 aliphatic heterocycles. The summed E-state index contributed by atoms with van der Waals surface area (Å²) < 4.78 is 0. The monoisotopic (exact) mass is 411 g/mol. The van der Waals surface area contributed by atoms with Crippen LogP contribution in [0.1, 0.15) is 34.4 Å². The number of phenols is 1. The fraction of sp³-hybridized carbons (Fsp3) is 0.333. The molecule has 2 atom stereocenters. The lowest BCUT2D eigenvalue weighted by Gasteiger charge is -2.52. The molecule has 2 nitrogen and oxygen atoms in total. The van der Waals surface area contributed by atoms with Crippen molar-refractivity contribution in [3.8, 4) is 5.75 Å². The molecule has 1 aliphatic carbocycles. The zero-order valence-electron chi connectivity index (χ0n) is 15.9. The largest absolute Gasteiger partial charge is 0.508 e. The zero-order chi connectivity index (χ0) is 18.3. The van der Waals surface area contributed by atoms with Crippen LogP contribution in [0.3, 0.4) is 0 Å². The molecule has 0 amide bonds. The third kappa shape index (κ3) is 3.36. The molecule has 0 spiro atoms. The maximum atomic E-state index is 10.2. The number of halogens is 1. The first-order valence-electron chi connectivity index (χ1n) is 9.89. The lowest BCUT2D eigenvalue weighted by molar-refractivity contribution is 0.0972. The van der Waals surface area contributed by atoms with Crippen LogP contribution < -0.4 is 0 Å². The van der Waals surface area contributed by atoms with Crippen molar-refractivity contribution < 1.29 is 5.11 Å². The molecule has 1 aromatic heterocycles. The van der Waals surface area contributed by atoms with Gasteiger partial charge in [0.25, 0.3) is 0 Å². The van der Waals surface area contributed by atoms with E-state index in [4.69, 9.17) is 0 Å². The standard InChI is InChI=1S/C24H25NOS.ClH/c26-21-9-8-18-15-20-17-24(23(18)16-21,19-5-2-1-3-6-19)11-13-25(20)12-10-22-7-4-14-27-22;/h1-9,14,16,20,26H,10-13,15,17H2;1H. The summed E-state index contributed by atoms with van der Waals surface area (Å²) in [4.78, 5) is 4.19. The van der Waals surface area contributed by atoms with Crippen LogP contribution in [0.15, 0.2) is 66.0 Å². The van der Waals surface area contributed by atoms with E-state index in [9.17, 15) is 5.11 Å². The van der Waals surface area contributed by atoms with Gasteiger partial charge in [-0.2, -0.15) is 0 Å². The summed E-state index contributed by atoms with van der Waals surface area (Å²) in [6.07, 6.45) is 4.51. The van der Waals surface area contributed by atoms with E-state index in [0.717, 1.165) is 38.8 Å². The van der Waals surface area contributed by atoms with Crippen LogP contribution in [0.2, 0.25) is 0 Å². The summed E-state index contributed by atoms with van der Waals surface area (Å²) >= 11 is 1.87. The third-order valence-corrected chi connectivity index (χ3v) is 7.48. The second-order valence-corrected chi connectivity index (χ2v) is 9.00. The van der Waals surface area contributed by atoms with Gasteiger partial charge in [0.2, 0.25) is 0 Å². The Labute approximate surface area is 177 Å². The molecule has 2 aromatic carbocycles. The predicted molar refractivity (Wildman–Crippen MR) is 119 cm³/mol. The van der Waals surface area contributed by atoms with E-state index in [2.05, 4.69) is 58.8 Å². The van der Waals surface area contributed by atoms with Crippen LogP contribution in [0.4, 0.5) is 0 Å². The van der Waals surface area contributed by atoms with Crippen molar-refractivity contribution in [2.75, 3.05) is 13.1 Å². The minimum Gasteiger partial charge on any atom is -0.508 e. The maximum Gasteiger partial charge on any atom is 0.115 e. The van der Waals surface area contributed by atoms with Gasteiger partial charge in [-0.25, -0.2) is 0 Å². The van der Waals surface area contributed by atoms with E-state index in [-0.39, 0.29) is 17.8 Å². The van der Waals surface area contributed by atoms with Crippen LogP contribution in [0.5, 0.6) is 5.75 Å². The van der Waals surface area contributed by atoms with Crippen LogP contribution in [-0.2, 0) is 18.3 Å². The highest BCUT2D eigenvalue weighted by Gasteiger charge is 2.46. The number of hydrogen-bond acceptors (Lipinski definition) is 3. The number of aromatic hydroxyl groups is 1. The van der Waals surface area contributed by atoms with E-state index in [1.165, 1.54) is 21.6 Å². The normalized spacial score (nSPS) is 23.6. The second-order valence-electron chi connectivity index (χ2n) is 7.97. The number of rotatable bonds is 4. The molecule has 4 heteroatoms. The van der Waals surface area contributed by atoms with E-state index < -0.39 is 0 Å². The Bertz CT molecular complexity index is 927. The molecule has 2 aliphatic rings. The third-order valence-electron chi connectivity index (χ3n) is 6.54. The van der Waals surface area contributed by atoms with Crippen molar-refractivity contribution in [2.24, 2.45) is 0 Å². The average molecular weight is 412 g/mol. The molecule has 2 heterocycles. The molecule has 146 valence electrons. The van der Waals surface area contributed by atoms with Crippen molar-refractivity contribution in [1.29, 1.82) is 0 Å². The lowest BCUT2D eigenvalue weighted by atomic mass is 9.60. The molecule has 1 saturated heterocycles. The number of nitrogens with zero attached hydrogens (tertiary/aromatic N) is 1. The first-order valence-corrected chi connectivity index (χ1v) is 10.8. The number of thiophene rings is 1. The summed E-state index contributed by atoms with van der Waals surface area (Å²) in [6.45, 7) is 2.27. The van der Waals surface area contributed by atoms with Crippen molar-refractivity contribution in [3.63, 3.8) is 0 Å². The molecule has 1 fully saturated rings. The number of phenolic OH excluding ortho intramolecular Hbond substituents is 1. The summed E-state index contributed by atoms with van der Waals surface area (Å²) in [5, 5.41) is 12.4. The van der Waals surface area contributed by atoms with Gasteiger partial charge < -0.3 is 5.11 Å². The Morgan fingerprint density at radius 3 is 2.71 bits per heavy atom. The smallest absolute Gasteiger partial charge is 0.115 e. The molecule has 28 heavy (non-hydrogen) atoms. The molecule has 0 radical (unpaired) electrons. The Morgan fingerprint density at radius 1 is 1.07 bits per heavy atom. The average Bonchev–Trinajstić information content (AvgIpc) is 3.22. The van der Waals surface area contributed by atoms with Crippen LogP contribution in [0, 0.1) is 0 Å². The van der Waals surface area contributed by atoms with Crippen LogP contribution in [-0.4, -0.2) is 29.1 Å². The van der Waals surface area contributed by atoms with Crippen LogP contribution in [0.25, 0.3) is 0 Å². The molecular weight excluding hydrogens is 386 g/mol. The molecular formula is C24H26ClNOS. The van der Waals surface area contributed by atoms with Crippen molar-refractivity contribution >= 4 is 23.7 Å². The minimum absolute atomic E-state index is 0. The highest BCUT2D eigenvalue weighted by Crippen LogP contribution is 2.49. The number of piperidine rings is 1. The van der Waals surface area contributed by atoms with Crippen molar-refractivity contribution in [3.05, 3.63) is 87.6 Å². The fourth-order valence-electron chi connectivity index (χ4n) is 5.22. The first-order chi connectivity index (χ1) is 13.2. The summed E-state index contributed by atoms with van der Waals surface area (Å²) in [5.41, 5.74) is 4.20. The molecule has 1 N–H and O–H groups in total. The number of hydrogen-bond donors (Lipinski definition) is 1. The lowest BCUT2D eigenvalue weighted by Crippen LogP contribution is -2.54. The van der Waals surface area contributed by atoms with Crippen LogP contribution >= 0.6 is 23.7 Å². The highest BCUT2D eigenvalue weighted by molar-refractivity contribution is 7.09. The van der Waals surface area contributed by atoms with Gasteiger partial charge in [0.15, 0.2) is 0 Å². The Kier molecular flexibility index (Phi) is 5.50. The molecule has 2 unspecified atom stereocenters. The van der Waals surface area contributed by atoms with E-state index >= 15 is 0 Å². The van der Waals surface area contributed by atoms with E-state index in [0.29, 0.717) is 11.8 Å². The van der Waals surface area contributed by atoms with Gasteiger partial charge >= 0.3 is 0 Å². The molecule has 5 rings (SSSR count). The second kappa shape index (κ2) is 7.90. The number of likely N-dealkylation sites (tertiary alicyclic amines) is 1. The van der Waals surface area contributed by atoms with Gasteiger partial charge in [-0.05, 0) is 72.5 Å². The van der Waals surface area contributed by atoms with Crippen molar-refractivity contribution in [2.45, 2.75) is 37.1 Å². The Hall–Kier alpha value is -1.81. The SMILES string of the molecule is Cl.Oc1ccc2c(c1)C1(c3ccccc3)CCN(CCc3cccs3)C(C2)C1. The first kappa shape index (κ1) is 19.5. The number of fused-ring (bicyclic) bond motifs is 4. The van der Waals surface area contributed by atoms with E-state index in [1.807, 2.05) is 23.5 Å². The van der Waals surface area contributed by atoms with Gasteiger partial charge in [-0.15, -0.1) is 23.7 Å². The topological polar surface area (TPSA) is 23.5 Å². The molecule has 0 saturated carbocycles. The van der Waals surface area contributed by atoms with Gasteiger partial charge in [-0.1, -0.05) is 42.5 Å². The molecule has 2 bridgehead atoms. The Balaban J connectivity index is 0.00000192. The molecule has 3 aromatic rings. The summed E-state index contributed by atoms with van der Waals surface area (Å²) in [5.74, 6) is 0.391. The van der Waals surface area contributed by atoms with Gasteiger partial charge in [0.1, 0.15) is 5.75 Å². The highest BCUT2D eigenvalue weighted by atomic mass is 35.5. The quantitative estimate of drug-likeness (QED) is 0.619. The van der Waals surface area contributed by atoms with Gasteiger partial charge in [0, 0.05) is 22.9 Å².